The second-order valence-electron chi connectivity index (χ2n) is 14.0. The molecule has 4 heteroatoms. The van der Waals surface area contributed by atoms with E-state index in [2.05, 4.69) is 52.8 Å². The van der Waals surface area contributed by atoms with Crippen molar-refractivity contribution in [2.75, 3.05) is 11.5 Å². The second kappa shape index (κ2) is 10.4. The highest BCUT2D eigenvalue weighted by Crippen LogP contribution is 2.67. The molecule has 0 bridgehead atoms. The predicted molar refractivity (Wildman–Crippen MR) is 157 cm³/mol. The quantitative estimate of drug-likeness (QED) is 0.226. The molecule has 9 unspecified atom stereocenters. The monoisotopic (exact) mass is 518 g/mol. The van der Waals surface area contributed by atoms with Crippen LogP contribution in [0.25, 0.3) is 0 Å². The number of rotatable bonds is 6. The first-order valence-electron chi connectivity index (χ1n) is 15.2. The minimum absolute atomic E-state index is 0.0456. The van der Waals surface area contributed by atoms with E-state index in [-0.39, 0.29) is 12.1 Å². The highest BCUT2D eigenvalue weighted by atomic mass is 16.5. The molecule has 0 saturated heterocycles. The number of carbonyl (C=O) groups excluding carboxylic acids is 1. The van der Waals surface area contributed by atoms with E-state index in [0.717, 1.165) is 42.9 Å². The summed E-state index contributed by atoms with van der Waals surface area (Å²) in [5.41, 5.74) is 15.5. The molecule has 38 heavy (non-hydrogen) atoms. The Bertz CT molecular complexity index is 1080. The van der Waals surface area contributed by atoms with Crippen LogP contribution in [0, 0.1) is 46.3 Å². The lowest BCUT2D eigenvalue weighted by Crippen LogP contribution is -2.52. The van der Waals surface area contributed by atoms with Crippen molar-refractivity contribution in [1.82, 2.24) is 0 Å². The van der Waals surface area contributed by atoms with Gasteiger partial charge in [0.25, 0.3) is 0 Å². The van der Waals surface area contributed by atoms with Gasteiger partial charge in [-0.25, -0.2) is 4.79 Å². The average Bonchev–Trinajstić information content (AvgIpc) is 3.20. The highest BCUT2D eigenvalue weighted by molar-refractivity contribution is 5.91. The molecule has 1 aromatic rings. The van der Waals surface area contributed by atoms with Crippen molar-refractivity contribution in [2.24, 2.45) is 46.3 Å². The molecule has 208 valence electrons. The number of nitrogens with two attached hydrogens (primary N) is 2. The fraction of sp³-hybridized carbons (Fsp3) is 0.676. The van der Waals surface area contributed by atoms with E-state index in [0.29, 0.717) is 39.6 Å². The molecule has 3 saturated carbocycles. The van der Waals surface area contributed by atoms with Gasteiger partial charge in [0.15, 0.2) is 0 Å². The lowest BCUT2D eigenvalue weighted by molar-refractivity contribution is -0.0843. The van der Waals surface area contributed by atoms with Crippen molar-refractivity contribution < 1.29 is 9.53 Å². The lowest BCUT2D eigenvalue weighted by Gasteiger charge is -2.59. The van der Waals surface area contributed by atoms with Crippen molar-refractivity contribution in [2.45, 2.75) is 98.5 Å². The Morgan fingerprint density at radius 2 is 1.68 bits per heavy atom. The normalized spacial score (nSPS) is 38.4. The standard InChI is InChI=1S/C34H50N2O2/c1-21(2)7-6-8-22(3)29-11-12-30-28-10-9-24-19-27(38-32(37)23-17-25(35)20-26(36)18-23)13-15-33(24,4)31(28)14-16-34(29,30)5/h7,9-10,17-18,20,22,24,27-31H,6,8,11-16,19,35-36H2,1-5H3. The molecule has 1 aromatic carbocycles. The van der Waals surface area contributed by atoms with E-state index >= 15 is 0 Å². The first-order chi connectivity index (χ1) is 18.0. The Hall–Kier alpha value is -2.23. The zero-order valence-corrected chi connectivity index (χ0v) is 24.3. The van der Waals surface area contributed by atoms with Crippen molar-refractivity contribution in [3.63, 3.8) is 0 Å². The number of esters is 1. The largest absolute Gasteiger partial charge is 0.459 e. The van der Waals surface area contributed by atoms with Gasteiger partial charge in [0.2, 0.25) is 0 Å². The molecule has 5 rings (SSSR count). The number of nitrogen functional groups attached to an aromatic ring is 2. The Labute approximate surface area is 230 Å². The summed E-state index contributed by atoms with van der Waals surface area (Å²) in [6, 6.07) is 4.99. The summed E-state index contributed by atoms with van der Waals surface area (Å²) in [4.78, 5) is 12.9. The highest BCUT2D eigenvalue weighted by Gasteiger charge is 2.59. The van der Waals surface area contributed by atoms with Crippen LogP contribution in [0.3, 0.4) is 0 Å². The van der Waals surface area contributed by atoms with Gasteiger partial charge >= 0.3 is 5.97 Å². The number of fused-ring (bicyclic) bond motifs is 5. The summed E-state index contributed by atoms with van der Waals surface area (Å²) in [6.07, 6.45) is 18.6. The molecule has 4 aliphatic carbocycles. The number of carbonyl (C=O) groups is 1. The van der Waals surface area contributed by atoms with Gasteiger partial charge in [-0.15, -0.1) is 0 Å². The average molecular weight is 519 g/mol. The third-order valence-electron chi connectivity index (χ3n) is 11.5. The minimum atomic E-state index is -0.306. The zero-order chi connectivity index (χ0) is 27.2. The molecule has 0 aliphatic heterocycles. The molecule has 9 atom stereocenters. The summed E-state index contributed by atoms with van der Waals surface area (Å²) < 4.78 is 6.00. The fourth-order valence-electron chi connectivity index (χ4n) is 9.51. The van der Waals surface area contributed by atoms with Crippen LogP contribution in [0.1, 0.15) is 103 Å². The number of hydrogen-bond acceptors (Lipinski definition) is 4. The number of anilines is 2. The Kier molecular flexibility index (Phi) is 7.48. The third-order valence-corrected chi connectivity index (χ3v) is 11.5. The van der Waals surface area contributed by atoms with Gasteiger partial charge in [-0.3, -0.25) is 0 Å². The summed E-state index contributed by atoms with van der Waals surface area (Å²) in [6.45, 7) is 12.2. The summed E-state index contributed by atoms with van der Waals surface area (Å²) in [7, 11) is 0. The molecule has 0 radical (unpaired) electrons. The molecule has 3 fully saturated rings. The molecule has 0 heterocycles. The molecule has 4 aliphatic rings. The van der Waals surface area contributed by atoms with Crippen LogP contribution in [0.4, 0.5) is 11.4 Å². The van der Waals surface area contributed by atoms with Crippen LogP contribution in [0.5, 0.6) is 0 Å². The van der Waals surface area contributed by atoms with Gasteiger partial charge in [-0.1, -0.05) is 44.6 Å². The van der Waals surface area contributed by atoms with Crippen LogP contribution in [-0.4, -0.2) is 12.1 Å². The fourth-order valence-corrected chi connectivity index (χ4v) is 9.51. The van der Waals surface area contributed by atoms with E-state index in [1.54, 1.807) is 18.2 Å². The number of benzene rings is 1. The zero-order valence-electron chi connectivity index (χ0n) is 24.3. The van der Waals surface area contributed by atoms with Gasteiger partial charge in [0.05, 0.1) is 5.56 Å². The van der Waals surface area contributed by atoms with E-state index in [9.17, 15) is 4.79 Å². The first-order valence-corrected chi connectivity index (χ1v) is 15.2. The van der Waals surface area contributed by atoms with Crippen LogP contribution in [-0.2, 0) is 4.74 Å². The second-order valence-corrected chi connectivity index (χ2v) is 14.0. The minimum Gasteiger partial charge on any atom is -0.459 e. The van der Waals surface area contributed by atoms with Gasteiger partial charge in [0, 0.05) is 11.4 Å². The molecular formula is C34H50N2O2. The van der Waals surface area contributed by atoms with E-state index in [1.165, 1.54) is 44.1 Å². The Morgan fingerprint density at radius 3 is 2.39 bits per heavy atom. The maximum atomic E-state index is 12.9. The van der Waals surface area contributed by atoms with Crippen molar-refractivity contribution >= 4 is 17.3 Å². The van der Waals surface area contributed by atoms with Crippen LogP contribution < -0.4 is 11.5 Å². The number of hydrogen-bond donors (Lipinski definition) is 2. The Balaban J connectivity index is 1.26. The molecular weight excluding hydrogens is 468 g/mol. The van der Waals surface area contributed by atoms with Crippen molar-refractivity contribution in [3.8, 4) is 0 Å². The van der Waals surface area contributed by atoms with Crippen molar-refractivity contribution in [1.29, 1.82) is 0 Å². The van der Waals surface area contributed by atoms with Gasteiger partial charge < -0.3 is 16.2 Å². The third kappa shape index (κ3) is 4.93. The Morgan fingerprint density at radius 1 is 1.00 bits per heavy atom. The molecule has 4 nitrogen and oxygen atoms in total. The maximum Gasteiger partial charge on any atom is 0.338 e. The predicted octanol–water partition coefficient (Wildman–Crippen LogP) is 8.19. The van der Waals surface area contributed by atoms with Crippen LogP contribution in [0.15, 0.2) is 42.0 Å². The van der Waals surface area contributed by atoms with Gasteiger partial charge in [-0.05, 0) is 136 Å². The molecule has 0 amide bonds. The topological polar surface area (TPSA) is 78.3 Å². The van der Waals surface area contributed by atoms with E-state index in [1.807, 2.05) is 0 Å². The lowest BCUT2D eigenvalue weighted by atomic mass is 9.46. The molecule has 4 N–H and O–H groups in total. The molecule has 0 spiro atoms. The van der Waals surface area contributed by atoms with E-state index in [4.69, 9.17) is 16.2 Å². The SMILES string of the molecule is CC(C)=CCCC(C)C1CCC2C3C=CC4CC(OC(=O)c5cc(N)cc(N)c5)CCC4(C)C3CCC12C. The van der Waals surface area contributed by atoms with Gasteiger partial charge in [-0.2, -0.15) is 0 Å². The summed E-state index contributed by atoms with van der Waals surface area (Å²) in [5.74, 6) is 4.10. The van der Waals surface area contributed by atoms with Crippen LogP contribution >= 0.6 is 0 Å². The summed E-state index contributed by atoms with van der Waals surface area (Å²) >= 11 is 0. The number of ether oxygens (including phenoxy) is 1. The first kappa shape index (κ1) is 27.3. The number of allylic oxidation sites excluding steroid dienone is 4. The summed E-state index contributed by atoms with van der Waals surface area (Å²) in [5, 5.41) is 0. The van der Waals surface area contributed by atoms with Gasteiger partial charge in [0.1, 0.15) is 6.10 Å². The molecule has 0 aromatic heterocycles. The smallest absolute Gasteiger partial charge is 0.338 e. The van der Waals surface area contributed by atoms with Crippen molar-refractivity contribution in [3.05, 3.63) is 47.6 Å². The maximum absolute atomic E-state index is 12.9. The van der Waals surface area contributed by atoms with E-state index < -0.39 is 0 Å². The van der Waals surface area contributed by atoms with Crippen LogP contribution in [0.2, 0.25) is 0 Å².